The molecule has 0 N–H and O–H groups in total. The third kappa shape index (κ3) is 5.05. The summed E-state index contributed by atoms with van der Waals surface area (Å²) in [4.78, 5) is 0. The molecule has 8 aromatic carbocycles. The number of unbranched alkanes of at least 4 members (excludes halogenated alkanes) is 9. The van der Waals surface area contributed by atoms with Crippen molar-refractivity contribution in [2.24, 2.45) is 0 Å². The summed E-state index contributed by atoms with van der Waals surface area (Å²) >= 11 is 0. The van der Waals surface area contributed by atoms with Crippen molar-refractivity contribution in [1.82, 2.24) is 0 Å². The van der Waals surface area contributed by atoms with E-state index in [1.165, 1.54) is 153 Å². The van der Waals surface area contributed by atoms with Crippen LogP contribution in [0.1, 0.15) is 75.3 Å². The van der Waals surface area contributed by atoms with Gasteiger partial charge in [-0.05, 0) is 101 Å². The van der Waals surface area contributed by atoms with Crippen LogP contribution in [0.25, 0.3) is 64.6 Å². The summed E-state index contributed by atoms with van der Waals surface area (Å²) in [6.07, 6.45) is 16.0. The highest BCUT2D eigenvalue weighted by Crippen LogP contribution is 2.37. The molecular weight excluding hydrogens is 528 g/mol. The van der Waals surface area contributed by atoms with Gasteiger partial charge in [0.05, 0.1) is 0 Å². The van der Waals surface area contributed by atoms with Crippen molar-refractivity contribution in [3.8, 4) is 0 Å². The lowest BCUT2D eigenvalue weighted by molar-refractivity contribution is 0.552. The van der Waals surface area contributed by atoms with Gasteiger partial charge in [-0.15, -0.1) is 0 Å². The average molecular weight is 571 g/mol. The zero-order chi connectivity index (χ0) is 29.3. The largest absolute Gasteiger partial charge is 0.0610 e. The van der Waals surface area contributed by atoms with Gasteiger partial charge >= 0.3 is 0 Å². The standard InChI is InChI=1S/C44H42/c1(3-5-7-9-13-31-19-21-37-25-23-33-15-11-17-35-27-29-39(31)43(37)41(33)35)2-4-6-8-10-14-32-20-22-38-26-24-34-16-12-18-36-28-30-40(32)44(38)42(34)36/h11-12,15-30H,1-10,13-14H2. The summed E-state index contributed by atoms with van der Waals surface area (Å²) in [5.74, 6) is 0. The maximum Gasteiger partial charge on any atom is -0.00240 e. The van der Waals surface area contributed by atoms with Gasteiger partial charge in [0.2, 0.25) is 0 Å². The Hall–Kier alpha value is -4.16. The van der Waals surface area contributed by atoms with Gasteiger partial charge in [-0.3, -0.25) is 0 Å². The monoisotopic (exact) mass is 570 g/mol. The summed E-state index contributed by atoms with van der Waals surface area (Å²) in [6, 6.07) is 41.3. The molecule has 8 rings (SSSR count). The van der Waals surface area contributed by atoms with Crippen molar-refractivity contribution in [3.63, 3.8) is 0 Å². The fourth-order valence-corrected chi connectivity index (χ4v) is 8.07. The van der Waals surface area contributed by atoms with Gasteiger partial charge in [-0.25, -0.2) is 0 Å². The maximum atomic E-state index is 2.38. The molecule has 0 aliphatic carbocycles. The molecule has 0 fully saturated rings. The van der Waals surface area contributed by atoms with E-state index in [0.717, 1.165) is 0 Å². The van der Waals surface area contributed by atoms with E-state index < -0.39 is 0 Å². The number of benzene rings is 8. The van der Waals surface area contributed by atoms with E-state index in [9.17, 15) is 0 Å². The second-order valence-corrected chi connectivity index (χ2v) is 13.2. The molecule has 0 saturated carbocycles. The van der Waals surface area contributed by atoms with Crippen LogP contribution < -0.4 is 0 Å². The van der Waals surface area contributed by atoms with E-state index in [-0.39, 0.29) is 0 Å². The predicted octanol–water partition coefficient (Wildman–Crippen LogP) is 13.2. The van der Waals surface area contributed by atoms with Gasteiger partial charge < -0.3 is 0 Å². The minimum absolute atomic E-state index is 1.19. The smallest absolute Gasteiger partial charge is 0.00240 e. The van der Waals surface area contributed by atoms with Crippen LogP contribution in [0.5, 0.6) is 0 Å². The van der Waals surface area contributed by atoms with Crippen LogP contribution in [0, 0.1) is 0 Å². The topological polar surface area (TPSA) is 0 Å². The highest BCUT2D eigenvalue weighted by molar-refractivity contribution is 6.24. The first-order valence-electron chi connectivity index (χ1n) is 17.2. The molecule has 0 aromatic heterocycles. The molecule has 0 amide bonds. The normalized spacial score (nSPS) is 12.3. The van der Waals surface area contributed by atoms with Crippen molar-refractivity contribution in [3.05, 3.63) is 120 Å². The molecule has 0 unspecified atom stereocenters. The molecule has 0 atom stereocenters. The number of hydrogen-bond acceptors (Lipinski definition) is 0. The SMILES string of the molecule is c1cc2ccc3ccc(CCCCCCCCCCCCc4ccc5ccc6cccc7ccc4c5c67)c4ccc(c1)c2c34. The molecule has 218 valence electrons. The lowest BCUT2D eigenvalue weighted by Gasteiger charge is -2.14. The molecule has 0 heteroatoms. The Labute approximate surface area is 261 Å². The summed E-state index contributed by atoms with van der Waals surface area (Å²) in [6.45, 7) is 0. The van der Waals surface area contributed by atoms with Crippen molar-refractivity contribution in [1.29, 1.82) is 0 Å². The third-order valence-electron chi connectivity index (χ3n) is 10.4. The molecule has 0 spiro atoms. The molecule has 0 aliphatic rings. The summed E-state index contributed by atoms with van der Waals surface area (Å²) in [7, 11) is 0. The van der Waals surface area contributed by atoms with Crippen LogP contribution in [0.2, 0.25) is 0 Å². The Morgan fingerprint density at radius 2 is 0.545 bits per heavy atom. The lowest BCUT2D eigenvalue weighted by atomic mass is 9.90. The minimum Gasteiger partial charge on any atom is -0.0610 e. The van der Waals surface area contributed by atoms with Crippen LogP contribution in [-0.2, 0) is 12.8 Å². The van der Waals surface area contributed by atoms with E-state index >= 15 is 0 Å². The van der Waals surface area contributed by atoms with Gasteiger partial charge in [-0.2, -0.15) is 0 Å². The Morgan fingerprint density at radius 3 is 0.932 bits per heavy atom. The molecule has 0 heterocycles. The molecule has 0 nitrogen and oxygen atoms in total. The Kier molecular flexibility index (Phi) is 7.52. The van der Waals surface area contributed by atoms with Crippen molar-refractivity contribution in [2.75, 3.05) is 0 Å². The average Bonchev–Trinajstić information content (AvgIpc) is 3.07. The molecule has 0 bridgehead atoms. The quantitative estimate of drug-likeness (QED) is 0.0955. The molecule has 0 saturated heterocycles. The van der Waals surface area contributed by atoms with Gasteiger partial charge in [-0.1, -0.05) is 161 Å². The maximum absolute atomic E-state index is 2.38. The fourth-order valence-electron chi connectivity index (χ4n) is 8.07. The van der Waals surface area contributed by atoms with Crippen molar-refractivity contribution < 1.29 is 0 Å². The second kappa shape index (κ2) is 12.1. The van der Waals surface area contributed by atoms with E-state index in [1.54, 1.807) is 0 Å². The molecule has 0 aliphatic heterocycles. The third-order valence-corrected chi connectivity index (χ3v) is 10.4. The Morgan fingerprint density at radius 1 is 0.250 bits per heavy atom. The minimum atomic E-state index is 1.19. The van der Waals surface area contributed by atoms with Gasteiger partial charge in [0, 0.05) is 0 Å². The van der Waals surface area contributed by atoms with E-state index in [2.05, 4.69) is 109 Å². The number of rotatable bonds is 13. The summed E-state index contributed by atoms with van der Waals surface area (Å²) in [5, 5.41) is 16.9. The van der Waals surface area contributed by atoms with Crippen LogP contribution in [-0.4, -0.2) is 0 Å². The van der Waals surface area contributed by atoms with Crippen LogP contribution in [0.15, 0.2) is 109 Å². The first-order valence-corrected chi connectivity index (χ1v) is 17.2. The zero-order valence-corrected chi connectivity index (χ0v) is 25.9. The van der Waals surface area contributed by atoms with E-state index in [0.29, 0.717) is 0 Å². The van der Waals surface area contributed by atoms with Crippen molar-refractivity contribution in [2.45, 2.75) is 77.0 Å². The molecule has 0 radical (unpaired) electrons. The van der Waals surface area contributed by atoms with Gasteiger partial charge in [0.25, 0.3) is 0 Å². The highest BCUT2D eigenvalue weighted by Gasteiger charge is 2.12. The highest BCUT2D eigenvalue weighted by atomic mass is 14.2. The summed E-state index contributed by atoms with van der Waals surface area (Å²) in [5.41, 5.74) is 3.05. The van der Waals surface area contributed by atoms with Gasteiger partial charge in [0.1, 0.15) is 0 Å². The van der Waals surface area contributed by atoms with Crippen LogP contribution >= 0.6 is 0 Å². The first-order chi connectivity index (χ1) is 21.8. The number of aryl methyl sites for hydroxylation is 2. The molecule has 8 aromatic rings. The predicted molar refractivity (Wildman–Crippen MR) is 194 cm³/mol. The van der Waals surface area contributed by atoms with Crippen LogP contribution in [0.4, 0.5) is 0 Å². The first kappa shape index (κ1) is 27.4. The Balaban J connectivity index is 0.760. The van der Waals surface area contributed by atoms with E-state index in [4.69, 9.17) is 0 Å². The lowest BCUT2D eigenvalue weighted by Crippen LogP contribution is -1.92. The van der Waals surface area contributed by atoms with Crippen LogP contribution in [0.3, 0.4) is 0 Å². The number of hydrogen-bond donors (Lipinski definition) is 0. The molecule has 44 heavy (non-hydrogen) atoms. The molecular formula is C44H42. The van der Waals surface area contributed by atoms with E-state index in [1.807, 2.05) is 0 Å². The zero-order valence-electron chi connectivity index (χ0n) is 25.9. The van der Waals surface area contributed by atoms with Gasteiger partial charge in [0.15, 0.2) is 0 Å². The Bertz CT molecular complexity index is 1990. The fraction of sp³-hybridized carbons (Fsp3) is 0.273. The summed E-state index contributed by atoms with van der Waals surface area (Å²) < 4.78 is 0. The second-order valence-electron chi connectivity index (χ2n) is 13.2. The van der Waals surface area contributed by atoms with Crippen molar-refractivity contribution >= 4 is 64.6 Å².